The van der Waals surface area contributed by atoms with E-state index in [0.717, 1.165) is 15.7 Å². The van der Waals surface area contributed by atoms with Crippen LogP contribution in [0.15, 0.2) is 34.8 Å². The van der Waals surface area contributed by atoms with Gasteiger partial charge in [0.25, 0.3) is 0 Å². The first-order chi connectivity index (χ1) is 9.52. The van der Waals surface area contributed by atoms with E-state index in [1.165, 1.54) is 0 Å². The van der Waals surface area contributed by atoms with Gasteiger partial charge in [-0.2, -0.15) is 5.26 Å². The number of benzene rings is 2. The van der Waals surface area contributed by atoms with Crippen LogP contribution in [-0.4, -0.2) is 0 Å². The van der Waals surface area contributed by atoms with Crippen LogP contribution in [0, 0.1) is 11.3 Å². The van der Waals surface area contributed by atoms with Crippen LogP contribution in [0.2, 0.25) is 15.1 Å². The molecule has 0 fully saturated rings. The predicted molar refractivity (Wildman–Crippen MR) is 87.7 cm³/mol. The molecule has 0 heterocycles. The molecule has 1 N–H and O–H groups in total. The van der Waals surface area contributed by atoms with Crippen molar-refractivity contribution in [1.82, 2.24) is 0 Å². The molecule has 0 spiro atoms. The highest BCUT2D eigenvalue weighted by molar-refractivity contribution is 9.10. The average molecular weight is 390 g/mol. The molecule has 0 amide bonds. The molecule has 2 aromatic rings. The van der Waals surface area contributed by atoms with Crippen LogP contribution in [0.25, 0.3) is 0 Å². The van der Waals surface area contributed by atoms with E-state index in [2.05, 4.69) is 21.2 Å². The third-order valence-electron chi connectivity index (χ3n) is 2.69. The maximum atomic E-state index is 8.79. The van der Waals surface area contributed by atoms with Crippen molar-refractivity contribution in [3.8, 4) is 6.07 Å². The molecule has 2 nitrogen and oxygen atoms in total. The Morgan fingerprint density at radius 3 is 2.50 bits per heavy atom. The van der Waals surface area contributed by atoms with Crippen molar-refractivity contribution in [2.24, 2.45) is 0 Å². The van der Waals surface area contributed by atoms with Crippen LogP contribution in [0.3, 0.4) is 0 Å². The van der Waals surface area contributed by atoms with E-state index in [4.69, 9.17) is 40.1 Å². The lowest BCUT2D eigenvalue weighted by atomic mass is 10.1. The number of halogens is 4. The fraction of sp³-hybridized carbons (Fsp3) is 0.0714. The SMILES string of the molecule is N#Cc1ccc(CNc2ccc(Br)c(Cl)c2Cl)c(Cl)c1. The van der Waals surface area contributed by atoms with E-state index in [1.807, 2.05) is 24.3 Å². The quantitative estimate of drug-likeness (QED) is 0.663. The Morgan fingerprint density at radius 2 is 1.85 bits per heavy atom. The Morgan fingerprint density at radius 1 is 1.10 bits per heavy atom. The van der Waals surface area contributed by atoms with Gasteiger partial charge in [-0.25, -0.2) is 0 Å². The number of rotatable bonds is 3. The third-order valence-corrected chi connectivity index (χ3v) is 4.81. The van der Waals surface area contributed by atoms with Crippen molar-refractivity contribution in [3.05, 3.63) is 61.0 Å². The van der Waals surface area contributed by atoms with Gasteiger partial charge in [-0.1, -0.05) is 40.9 Å². The zero-order valence-electron chi connectivity index (χ0n) is 10.1. The summed E-state index contributed by atoms with van der Waals surface area (Å²) in [5.74, 6) is 0. The zero-order valence-corrected chi connectivity index (χ0v) is 13.9. The standard InChI is InChI=1S/C14H8BrCl3N2/c15-10-3-4-12(14(18)13(10)17)20-7-9-2-1-8(6-19)5-11(9)16/h1-5,20H,7H2. The molecule has 102 valence electrons. The number of nitriles is 1. The number of nitrogens with zero attached hydrogens (tertiary/aromatic N) is 1. The molecule has 0 aliphatic rings. The summed E-state index contributed by atoms with van der Waals surface area (Å²) in [5, 5.41) is 13.4. The summed E-state index contributed by atoms with van der Waals surface area (Å²) >= 11 is 21.6. The van der Waals surface area contributed by atoms with Crippen LogP contribution in [0.5, 0.6) is 0 Å². The van der Waals surface area contributed by atoms with Gasteiger partial charge >= 0.3 is 0 Å². The molecule has 0 bridgehead atoms. The van der Waals surface area contributed by atoms with Gasteiger partial charge in [0.15, 0.2) is 0 Å². The molecule has 0 radical (unpaired) electrons. The summed E-state index contributed by atoms with van der Waals surface area (Å²) in [6.07, 6.45) is 0. The molecule has 2 rings (SSSR count). The summed E-state index contributed by atoms with van der Waals surface area (Å²) in [6.45, 7) is 0.488. The minimum atomic E-state index is 0.450. The summed E-state index contributed by atoms with van der Waals surface area (Å²) in [4.78, 5) is 0. The highest BCUT2D eigenvalue weighted by atomic mass is 79.9. The van der Waals surface area contributed by atoms with Crippen LogP contribution in [-0.2, 0) is 6.54 Å². The molecular formula is C14H8BrCl3N2. The number of anilines is 1. The predicted octanol–water partition coefficient (Wildman–Crippen LogP) is 5.89. The maximum absolute atomic E-state index is 8.79. The van der Waals surface area contributed by atoms with Crippen molar-refractivity contribution >= 4 is 56.4 Å². The van der Waals surface area contributed by atoms with Gasteiger partial charge in [0, 0.05) is 16.0 Å². The summed E-state index contributed by atoms with van der Waals surface area (Å²) in [5.41, 5.74) is 2.13. The molecule has 0 atom stereocenters. The van der Waals surface area contributed by atoms with Gasteiger partial charge in [0.1, 0.15) is 0 Å². The summed E-state index contributed by atoms with van der Waals surface area (Å²) in [7, 11) is 0. The van der Waals surface area contributed by atoms with Crippen LogP contribution < -0.4 is 5.32 Å². The molecule has 2 aromatic carbocycles. The second kappa shape index (κ2) is 6.69. The molecule has 0 aliphatic carbocycles. The number of hydrogen-bond acceptors (Lipinski definition) is 2. The Balaban J connectivity index is 2.18. The monoisotopic (exact) mass is 388 g/mol. The first kappa shape index (κ1) is 15.5. The average Bonchev–Trinajstić information content (AvgIpc) is 2.45. The fourth-order valence-electron chi connectivity index (χ4n) is 1.61. The number of hydrogen-bond donors (Lipinski definition) is 1. The minimum absolute atomic E-state index is 0.450. The summed E-state index contributed by atoms with van der Waals surface area (Å²) < 4.78 is 0.742. The molecule has 0 aliphatic heterocycles. The van der Waals surface area contributed by atoms with Crippen LogP contribution in [0.4, 0.5) is 5.69 Å². The van der Waals surface area contributed by atoms with Crippen molar-refractivity contribution in [3.63, 3.8) is 0 Å². The van der Waals surface area contributed by atoms with Crippen molar-refractivity contribution in [1.29, 1.82) is 5.26 Å². The second-order valence-corrected chi connectivity index (χ2v) is 6.01. The highest BCUT2D eigenvalue weighted by Crippen LogP contribution is 2.36. The molecule has 0 unspecified atom stereocenters. The number of nitrogens with one attached hydrogen (secondary N) is 1. The summed E-state index contributed by atoms with van der Waals surface area (Å²) in [6, 6.07) is 10.9. The molecule has 0 aromatic heterocycles. The Kier molecular flexibility index (Phi) is 5.17. The van der Waals surface area contributed by atoms with Gasteiger partial charge in [-0.05, 0) is 45.8 Å². The van der Waals surface area contributed by atoms with Gasteiger partial charge in [0.2, 0.25) is 0 Å². The lowest BCUT2D eigenvalue weighted by Gasteiger charge is -2.11. The lowest BCUT2D eigenvalue weighted by molar-refractivity contribution is 1.15. The van der Waals surface area contributed by atoms with Gasteiger partial charge in [-0.15, -0.1) is 0 Å². The normalized spacial score (nSPS) is 10.2. The minimum Gasteiger partial charge on any atom is -0.380 e. The highest BCUT2D eigenvalue weighted by Gasteiger charge is 2.09. The molecule has 0 saturated carbocycles. The second-order valence-electron chi connectivity index (χ2n) is 3.99. The topological polar surface area (TPSA) is 35.8 Å². The van der Waals surface area contributed by atoms with Gasteiger partial charge < -0.3 is 5.32 Å². The van der Waals surface area contributed by atoms with Crippen molar-refractivity contribution in [2.75, 3.05) is 5.32 Å². The zero-order chi connectivity index (χ0) is 14.7. The molecule has 20 heavy (non-hydrogen) atoms. The molecule has 0 saturated heterocycles. The van der Waals surface area contributed by atoms with Crippen LogP contribution in [0.1, 0.15) is 11.1 Å². The Labute approximate surface area is 140 Å². The van der Waals surface area contributed by atoms with E-state index in [9.17, 15) is 0 Å². The van der Waals surface area contributed by atoms with E-state index in [0.29, 0.717) is 27.2 Å². The smallest absolute Gasteiger partial charge is 0.0992 e. The van der Waals surface area contributed by atoms with E-state index in [1.54, 1.807) is 12.1 Å². The maximum Gasteiger partial charge on any atom is 0.0992 e. The largest absolute Gasteiger partial charge is 0.380 e. The van der Waals surface area contributed by atoms with Crippen LogP contribution >= 0.6 is 50.7 Å². The van der Waals surface area contributed by atoms with E-state index >= 15 is 0 Å². The van der Waals surface area contributed by atoms with E-state index < -0.39 is 0 Å². The molecular weight excluding hydrogens is 382 g/mol. The third kappa shape index (κ3) is 3.39. The first-order valence-corrected chi connectivity index (χ1v) is 7.51. The lowest BCUT2D eigenvalue weighted by Crippen LogP contribution is -2.01. The van der Waals surface area contributed by atoms with Gasteiger partial charge in [-0.3, -0.25) is 0 Å². The van der Waals surface area contributed by atoms with Crippen molar-refractivity contribution in [2.45, 2.75) is 6.54 Å². The first-order valence-electron chi connectivity index (χ1n) is 5.59. The van der Waals surface area contributed by atoms with E-state index in [-0.39, 0.29) is 0 Å². The fourth-order valence-corrected chi connectivity index (χ4v) is 2.70. The molecule has 6 heteroatoms. The Bertz CT molecular complexity index is 696. The van der Waals surface area contributed by atoms with Crippen molar-refractivity contribution < 1.29 is 0 Å². The Hall–Kier alpha value is -0.920. The van der Waals surface area contributed by atoms with Gasteiger partial charge in [0.05, 0.1) is 27.4 Å².